The number of ether oxygens (including phenoxy) is 1. The van der Waals surface area contributed by atoms with Crippen molar-refractivity contribution >= 4 is 23.4 Å². The second-order valence-electron chi connectivity index (χ2n) is 5.34. The molecular formula is C19H23NO2S. The Bertz CT molecular complexity index is 584. The zero-order valence-corrected chi connectivity index (χ0v) is 14.3. The van der Waals surface area contributed by atoms with Gasteiger partial charge in [-0.3, -0.25) is 4.79 Å². The van der Waals surface area contributed by atoms with Gasteiger partial charge in [-0.05, 0) is 49.8 Å². The van der Waals surface area contributed by atoms with Crippen LogP contribution in [0.25, 0.3) is 0 Å². The van der Waals surface area contributed by atoms with Crippen molar-refractivity contribution in [1.82, 2.24) is 0 Å². The average Bonchev–Trinajstić information content (AvgIpc) is 2.57. The Labute approximate surface area is 142 Å². The summed E-state index contributed by atoms with van der Waals surface area (Å²) in [6.07, 6.45) is 2.05. The highest BCUT2D eigenvalue weighted by atomic mass is 32.2. The van der Waals surface area contributed by atoms with E-state index in [2.05, 4.69) is 5.32 Å². The molecule has 2 aromatic carbocycles. The number of anilines is 1. The number of amides is 1. The van der Waals surface area contributed by atoms with Crippen molar-refractivity contribution in [3.8, 4) is 5.75 Å². The fraction of sp³-hybridized carbons (Fsp3) is 0.316. The van der Waals surface area contributed by atoms with Gasteiger partial charge in [-0.1, -0.05) is 35.9 Å². The van der Waals surface area contributed by atoms with E-state index in [0.29, 0.717) is 5.75 Å². The molecule has 3 nitrogen and oxygen atoms in total. The molecule has 1 N–H and O–H groups in total. The first kappa shape index (κ1) is 17.4. The fourth-order valence-electron chi connectivity index (χ4n) is 2.01. The first-order valence-electron chi connectivity index (χ1n) is 7.86. The van der Waals surface area contributed by atoms with Gasteiger partial charge in [0, 0.05) is 5.69 Å². The second-order valence-corrected chi connectivity index (χ2v) is 6.44. The van der Waals surface area contributed by atoms with Crippen molar-refractivity contribution in [2.24, 2.45) is 0 Å². The van der Waals surface area contributed by atoms with Gasteiger partial charge < -0.3 is 10.1 Å². The van der Waals surface area contributed by atoms with E-state index in [1.807, 2.05) is 61.5 Å². The third kappa shape index (κ3) is 7.24. The lowest BCUT2D eigenvalue weighted by Crippen LogP contribution is -2.14. The van der Waals surface area contributed by atoms with E-state index >= 15 is 0 Å². The number of benzene rings is 2. The predicted octanol–water partition coefficient (Wildman–Crippen LogP) is 4.53. The van der Waals surface area contributed by atoms with Gasteiger partial charge in [0.25, 0.3) is 0 Å². The number of nitrogens with one attached hydrogen (secondary N) is 1. The zero-order valence-electron chi connectivity index (χ0n) is 13.5. The molecule has 0 radical (unpaired) electrons. The Kier molecular flexibility index (Phi) is 7.54. The summed E-state index contributed by atoms with van der Waals surface area (Å²) in [6.45, 7) is 2.75. The summed E-state index contributed by atoms with van der Waals surface area (Å²) in [5.41, 5.74) is 2.05. The molecule has 23 heavy (non-hydrogen) atoms. The maximum atomic E-state index is 11.8. The van der Waals surface area contributed by atoms with Crippen LogP contribution in [0.3, 0.4) is 0 Å². The molecule has 0 heterocycles. The van der Waals surface area contributed by atoms with Crippen LogP contribution in [-0.2, 0) is 4.79 Å². The van der Waals surface area contributed by atoms with Gasteiger partial charge >= 0.3 is 0 Å². The van der Waals surface area contributed by atoms with Crippen LogP contribution in [0, 0.1) is 6.92 Å². The van der Waals surface area contributed by atoms with Crippen LogP contribution in [0.4, 0.5) is 5.69 Å². The monoisotopic (exact) mass is 329 g/mol. The minimum atomic E-state index is 0.0550. The first-order valence-corrected chi connectivity index (χ1v) is 9.01. The molecule has 0 aromatic heterocycles. The van der Waals surface area contributed by atoms with Crippen molar-refractivity contribution in [3.05, 3.63) is 60.2 Å². The van der Waals surface area contributed by atoms with Crippen LogP contribution in [-0.4, -0.2) is 24.0 Å². The van der Waals surface area contributed by atoms with Crippen molar-refractivity contribution in [1.29, 1.82) is 0 Å². The Morgan fingerprint density at radius 2 is 1.78 bits per heavy atom. The highest BCUT2D eigenvalue weighted by molar-refractivity contribution is 7.99. The van der Waals surface area contributed by atoms with Gasteiger partial charge in [-0.15, -0.1) is 0 Å². The molecule has 0 aliphatic rings. The Balaban J connectivity index is 1.50. The summed E-state index contributed by atoms with van der Waals surface area (Å²) in [6, 6.07) is 17.7. The van der Waals surface area contributed by atoms with E-state index in [9.17, 15) is 4.79 Å². The van der Waals surface area contributed by atoms with Crippen molar-refractivity contribution in [2.45, 2.75) is 19.8 Å². The topological polar surface area (TPSA) is 38.3 Å². The molecule has 2 aromatic rings. The summed E-state index contributed by atoms with van der Waals surface area (Å²) in [4.78, 5) is 11.8. The lowest BCUT2D eigenvalue weighted by Gasteiger charge is -2.07. The minimum Gasteiger partial charge on any atom is -0.494 e. The second kappa shape index (κ2) is 9.95. The predicted molar refractivity (Wildman–Crippen MR) is 98.3 cm³/mol. The minimum absolute atomic E-state index is 0.0550. The SMILES string of the molecule is Cc1ccc(NC(=O)CSCCCCOc2ccccc2)cc1. The van der Waals surface area contributed by atoms with Crippen molar-refractivity contribution in [2.75, 3.05) is 23.4 Å². The van der Waals surface area contributed by atoms with Gasteiger partial charge in [0.15, 0.2) is 0 Å². The molecule has 0 aliphatic heterocycles. The van der Waals surface area contributed by atoms with Crippen molar-refractivity contribution < 1.29 is 9.53 Å². The Morgan fingerprint density at radius 1 is 1.04 bits per heavy atom. The molecule has 0 saturated heterocycles. The number of unbranched alkanes of at least 4 members (excludes halogenated alkanes) is 1. The van der Waals surface area contributed by atoms with E-state index in [1.54, 1.807) is 11.8 Å². The molecule has 122 valence electrons. The molecule has 0 atom stereocenters. The van der Waals surface area contributed by atoms with E-state index in [-0.39, 0.29) is 5.91 Å². The number of thioether (sulfide) groups is 1. The third-order valence-corrected chi connectivity index (χ3v) is 4.31. The normalized spacial score (nSPS) is 10.3. The molecule has 2 rings (SSSR count). The number of carbonyl (C=O) groups excluding carboxylic acids is 1. The van der Waals surface area contributed by atoms with Gasteiger partial charge in [-0.25, -0.2) is 0 Å². The molecular weight excluding hydrogens is 306 g/mol. The Hall–Kier alpha value is -1.94. The van der Waals surface area contributed by atoms with Crippen LogP contribution < -0.4 is 10.1 Å². The number of carbonyl (C=O) groups is 1. The van der Waals surface area contributed by atoms with Crippen LogP contribution in [0.15, 0.2) is 54.6 Å². The van der Waals surface area contributed by atoms with E-state index in [4.69, 9.17) is 4.74 Å². The van der Waals surface area contributed by atoms with E-state index < -0.39 is 0 Å². The number of aryl methyl sites for hydroxylation is 1. The smallest absolute Gasteiger partial charge is 0.234 e. The molecule has 1 amide bonds. The molecule has 0 aliphatic carbocycles. The quantitative estimate of drug-likeness (QED) is 0.687. The first-order chi connectivity index (χ1) is 11.2. The van der Waals surface area contributed by atoms with E-state index in [0.717, 1.165) is 36.6 Å². The molecule has 4 heteroatoms. The molecule has 0 saturated carbocycles. The maximum Gasteiger partial charge on any atom is 0.234 e. The summed E-state index contributed by atoms with van der Waals surface area (Å²) in [5, 5.41) is 2.91. The number of hydrogen-bond acceptors (Lipinski definition) is 3. The number of hydrogen-bond donors (Lipinski definition) is 1. The molecule has 0 unspecified atom stereocenters. The molecule has 0 bridgehead atoms. The fourth-order valence-corrected chi connectivity index (χ4v) is 2.82. The number of para-hydroxylation sites is 1. The van der Waals surface area contributed by atoms with Gasteiger partial charge in [0.05, 0.1) is 12.4 Å². The lowest BCUT2D eigenvalue weighted by atomic mass is 10.2. The maximum absolute atomic E-state index is 11.8. The van der Waals surface area contributed by atoms with Crippen LogP contribution in [0.5, 0.6) is 5.75 Å². The summed E-state index contributed by atoms with van der Waals surface area (Å²) in [5.74, 6) is 2.43. The van der Waals surface area contributed by atoms with E-state index in [1.165, 1.54) is 5.56 Å². The summed E-state index contributed by atoms with van der Waals surface area (Å²) < 4.78 is 5.63. The highest BCUT2D eigenvalue weighted by Gasteiger charge is 2.02. The summed E-state index contributed by atoms with van der Waals surface area (Å²) >= 11 is 1.66. The average molecular weight is 329 g/mol. The van der Waals surface area contributed by atoms with Gasteiger partial charge in [0.2, 0.25) is 5.91 Å². The summed E-state index contributed by atoms with van der Waals surface area (Å²) in [7, 11) is 0. The van der Waals surface area contributed by atoms with Crippen LogP contribution >= 0.6 is 11.8 Å². The lowest BCUT2D eigenvalue weighted by molar-refractivity contribution is -0.113. The highest BCUT2D eigenvalue weighted by Crippen LogP contribution is 2.12. The molecule has 0 spiro atoms. The van der Waals surface area contributed by atoms with Crippen LogP contribution in [0.2, 0.25) is 0 Å². The largest absolute Gasteiger partial charge is 0.494 e. The zero-order chi connectivity index (χ0) is 16.3. The molecule has 0 fully saturated rings. The van der Waals surface area contributed by atoms with Gasteiger partial charge in [-0.2, -0.15) is 11.8 Å². The van der Waals surface area contributed by atoms with Crippen molar-refractivity contribution in [3.63, 3.8) is 0 Å². The Morgan fingerprint density at radius 3 is 2.52 bits per heavy atom. The van der Waals surface area contributed by atoms with Crippen LogP contribution in [0.1, 0.15) is 18.4 Å². The third-order valence-electron chi connectivity index (χ3n) is 3.26. The number of rotatable bonds is 9. The van der Waals surface area contributed by atoms with Gasteiger partial charge in [0.1, 0.15) is 5.75 Å². The standard InChI is InChI=1S/C19H23NO2S/c1-16-9-11-17(12-10-16)20-19(21)15-23-14-6-5-13-22-18-7-3-2-4-8-18/h2-4,7-12H,5-6,13-15H2,1H3,(H,20,21).